The van der Waals surface area contributed by atoms with Crippen LogP contribution in [0.25, 0.3) is 18.2 Å². The minimum atomic E-state index is -1.47. The molecule has 22 heteroatoms. The second kappa shape index (κ2) is 21.6. The third-order valence-corrected chi connectivity index (χ3v) is 25.5. The summed E-state index contributed by atoms with van der Waals surface area (Å²) in [6.07, 6.45) is 22.2. The summed E-state index contributed by atoms with van der Waals surface area (Å²) < 4.78 is 18.5. The fraction of sp³-hybridized carbons (Fsp3) is 0.544. The normalized spacial score (nSPS) is 34.7. The lowest BCUT2D eigenvalue weighted by molar-refractivity contribution is -0.169. The number of hydrogen-bond acceptors (Lipinski definition) is 16. The lowest BCUT2D eigenvalue weighted by Crippen LogP contribution is -2.73. The highest BCUT2D eigenvalue weighted by Crippen LogP contribution is 2.68. The van der Waals surface area contributed by atoms with E-state index >= 15 is 0 Å². The number of aliphatic hydroxyl groups excluding tert-OH is 1. The highest BCUT2D eigenvalue weighted by molar-refractivity contribution is 6.03. The van der Waals surface area contributed by atoms with E-state index in [0.717, 1.165) is 77.4 Å². The number of fused-ring (bicyclic) bond motifs is 21. The number of amides is 6. The van der Waals surface area contributed by atoms with E-state index in [1.807, 2.05) is 156 Å². The van der Waals surface area contributed by atoms with Crippen molar-refractivity contribution in [1.82, 2.24) is 29.4 Å². The largest absolute Gasteiger partial charge is 0.483 e. The molecule has 12 atom stereocenters. The van der Waals surface area contributed by atoms with E-state index in [4.69, 9.17) is 19.3 Å². The molecule has 9 saturated heterocycles. The quantitative estimate of drug-likeness (QED) is 0.114. The maximum Gasteiger partial charge on any atom is 0.248 e. The number of aliphatic hydroxyl groups is 4. The van der Waals surface area contributed by atoms with Gasteiger partial charge >= 0.3 is 0 Å². The summed E-state index contributed by atoms with van der Waals surface area (Å²) in [5, 5.41) is 55.2. The van der Waals surface area contributed by atoms with Gasteiger partial charge in [0.15, 0.2) is 17.0 Å². The summed E-state index contributed by atoms with van der Waals surface area (Å²) in [5.74, 6) is 1.71. The first-order valence-corrected chi connectivity index (χ1v) is 35.9. The summed E-state index contributed by atoms with van der Waals surface area (Å²) in [5.41, 5.74) is -4.77. The molecule has 536 valence electrons. The zero-order valence-electron chi connectivity index (χ0n) is 60.4. The molecule has 3 aromatic carbocycles. The van der Waals surface area contributed by atoms with Crippen LogP contribution < -0.4 is 30.2 Å². The van der Waals surface area contributed by atoms with Gasteiger partial charge < -0.3 is 80.0 Å². The van der Waals surface area contributed by atoms with Crippen LogP contribution in [0.15, 0.2) is 92.6 Å². The molecular formula is C79H97N9O13. The first-order chi connectivity index (χ1) is 47.4. The number of nitrogens with one attached hydrogen (secondary N) is 3. The standard InChI is InChI=1S/3C26H31N3O4.CH4O/c3*1-6-23(2,3)26-25(32,14-19-21(30)28-11-7-8-18(28)22(31)29(19)26)16-12-15-9-10-24(4,5)33-20(15)13-17(16)27-26;1-2/h3*6,9-10,12-13,18-19,27,32H,1,7-8,11,14H2,2-5H3;2H,1H3/t3*18-,19-,25+,26-;/m000./s1. The van der Waals surface area contributed by atoms with Crippen molar-refractivity contribution in [3.05, 3.63) is 126 Å². The molecule has 0 unspecified atom stereocenters. The van der Waals surface area contributed by atoms with Crippen molar-refractivity contribution in [3.63, 3.8) is 0 Å². The number of piperazine rings is 3. The van der Waals surface area contributed by atoms with E-state index in [0.29, 0.717) is 55.6 Å². The van der Waals surface area contributed by atoms with Crippen LogP contribution in [0, 0.1) is 16.2 Å². The van der Waals surface area contributed by atoms with Crippen LogP contribution in [0.5, 0.6) is 17.2 Å². The molecule has 15 heterocycles. The molecular weight excluding hydrogens is 1280 g/mol. The molecule has 6 amide bonds. The Balaban J connectivity index is 0.000000121. The van der Waals surface area contributed by atoms with Gasteiger partial charge in [-0.1, -0.05) is 78.0 Å². The molecule has 3 aromatic rings. The number of nitrogens with zero attached hydrogens (tertiary/aromatic N) is 6. The molecule has 0 aliphatic carbocycles. The average Bonchev–Trinajstić information content (AvgIpc) is 1.51. The van der Waals surface area contributed by atoms with Crippen LogP contribution in [-0.4, -0.2) is 182 Å². The van der Waals surface area contributed by atoms with Crippen molar-refractivity contribution in [2.45, 2.75) is 228 Å². The van der Waals surface area contributed by atoms with Gasteiger partial charge in [0, 0.05) is 131 Å². The van der Waals surface area contributed by atoms with Crippen molar-refractivity contribution in [2.75, 3.05) is 42.7 Å². The molecule has 0 bridgehead atoms. The van der Waals surface area contributed by atoms with Crippen LogP contribution in [0.4, 0.5) is 17.1 Å². The number of benzene rings is 3. The Morgan fingerprint density at radius 1 is 0.416 bits per heavy atom. The van der Waals surface area contributed by atoms with Gasteiger partial charge in [-0.3, -0.25) is 28.8 Å². The van der Waals surface area contributed by atoms with Crippen LogP contribution in [0.3, 0.4) is 0 Å². The number of ether oxygens (including phenoxy) is 3. The lowest BCUT2D eigenvalue weighted by Gasteiger charge is -2.54. The third kappa shape index (κ3) is 8.64. The smallest absolute Gasteiger partial charge is 0.248 e. The van der Waals surface area contributed by atoms with Crippen molar-refractivity contribution in [1.29, 1.82) is 0 Å². The van der Waals surface area contributed by atoms with Gasteiger partial charge in [0.25, 0.3) is 0 Å². The van der Waals surface area contributed by atoms with Gasteiger partial charge in [-0.2, -0.15) is 0 Å². The Morgan fingerprint density at radius 3 is 0.901 bits per heavy atom. The van der Waals surface area contributed by atoms with Crippen molar-refractivity contribution in [2.24, 2.45) is 16.2 Å². The van der Waals surface area contributed by atoms with E-state index < -0.39 is 103 Å². The molecule has 0 spiro atoms. The molecule has 22 nitrogen and oxygen atoms in total. The van der Waals surface area contributed by atoms with Crippen molar-refractivity contribution in [3.8, 4) is 17.2 Å². The molecule has 15 aliphatic rings. The Bertz CT molecular complexity index is 3890. The van der Waals surface area contributed by atoms with Crippen molar-refractivity contribution < 1.29 is 63.4 Å². The van der Waals surface area contributed by atoms with E-state index in [9.17, 15) is 44.1 Å². The number of carbonyl (C=O) groups excluding carboxylic acids is 6. The molecule has 0 radical (unpaired) electrons. The Labute approximate surface area is 590 Å². The third-order valence-electron chi connectivity index (χ3n) is 25.5. The second-order valence-corrected chi connectivity index (χ2v) is 33.6. The lowest BCUT2D eigenvalue weighted by atomic mass is 9.68. The minimum Gasteiger partial charge on any atom is -0.483 e. The maximum absolute atomic E-state index is 13.9. The van der Waals surface area contributed by atoms with Gasteiger partial charge in [0.2, 0.25) is 35.4 Å². The fourth-order valence-electron chi connectivity index (χ4n) is 20.4. The maximum atomic E-state index is 13.9. The SMILES string of the molecule is C=CC(C)(C)[C@@]12Nc3cc4c(cc3[C@]1(O)C[C@H]1C(=O)N3CCC[C@H]3C(=O)N12)C=CC(C)(C)O4.C=CC(C)(C)[C@@]12Nc3cc4c(cc3[C@]1(O)C[C@H]1C(=O)N3CCC[C@H]3C(=O)N12)C=CC(C)(C)O4.C=CC(C)(C)[C@@]12Nc3cc4c(cc3[C@]1(O)C[C@H]1C(=O)N3CCC[C@H]3C(=O)N12)C=CC(C)(C)O4.CO. The number of carbonyl (C=O) groups is 6. The predicted molar refractivity (Wildman–Crippen MR) is 381 cm³/mol. The number of hydrogen-bond donors (Lipinski definition) is 7. The Kier molecular flexibility index (Phi) is 14.6. The summed E-state index contributed by atoms with van der Waals surface area (Å²) >= 11 is 0. The van der Waals surface area contributed by atoms with Crippen molar-refractivity contribution >= 4 is 70.7 Å². The number of anilines is 3. The predicted octanol–water partition coefficient (Wildman–Crippen LogP) is 8.60. The highest BCUT2D eigenvalue weighted by Gasteiger charge is 2.80. The van der Waals surface area contributed by atoms with Gasteiger partial charge in [-0.25, -0.2) is 0 Å². The van der Waals surface area contributed by atoms with Crippen LogP contribution in [-0.2, 0) is 45.6 Å². The average molecular weight is 1380 g/mol. The van der Waals surface area contributed by atoms with Crippen LogP contribution in [0.2, 0.25) is 0 Å². The minimum absolute atomic E-state index is 0.0644. The highest BCUT2D eigenvalue weighted by atomic mass is 16.5. The summed E-state index contributed by atoms with van der Waals surface area (Å²) in [6.45, 7) is 37.7. The number of rotatable bonds is 6. The Morgan fingerprint density at radius 2 is 0.663 bits per heavy atom. The van der Waals surface area contributed by atoms with Gasteiger partial charge in [0.1, 0.15) is 87.1 Å². The second-order valence-electron chi connectivity index (χ2n) is 33.6. The Hall–Kier alpha value is -8.44. The van der Waals surface area contributed by atoms with Crippen LogP contribution >= 0.6 is 0 Å². The van der Waals surface area contributed by atoms with E-state index in [-0.39, 0.29) is 54.7 Å². The zero-order valence-corrected chi connectivity index (χ0v) is 60.4. The molecule has 0 aromatic heterocycles. The molecule has 101 heavy (non-hydrogen) atoms. The first-order valence-electron chi connectivity index (χ1n) is 35.9. The summed E-state index contributed by atoms with van der Waals surface area (Å²) in [4.78, 5) is 92.4. The van der Waals surface area contributed by atoms with Crippen LogP contribution in [0.1, 0.15) is 174 Å². The molecule has 15 aliphatic heterocycles. The summed E-state index contributed by atoms with van der Waals surface area (Å²) in [7, 11) is 1.00. The van der Waals surface area contributed by atoms with Gasteiger partial charge in [-0.15, -0.1) is 19.7 Å². The molecule has 9 fully saturated rings. The van der Waals surface area contributed by atoms with Gasteiger partial charge in [0.05, 0.1) is 0 Å². The monoisotopic (exact) mass is 1380 g/mol. The van der Waals surface area contributed by atoms with Gasteiger partial charge in [-0.05, 0) is 116 Å². The topological polar surface area (TPSA) is 267 Å². The zero-order chi connectivity index (χ0) is 72.7. The summed E-state index contributed by atoms with van der Waals surface area (Å²) in [6, 6.07) is 8.07. The molecule has 0 saturated carbocycles. The molecule has 7 N–H and O–H groups in total. The van der Waals surface area contributed by atoms with E-state index in [1.165, 1.54) is 0 Å². The van der Waals surface area contributed by atoms with E-state index in [2.05, 4.69) is 35.7 Å². The molecule has 18 rings (SSSR count). The fourth-order valence-corrected chi connectivity index (χ4v) is 20.4. The first kappa shape index (κ1) is 68.3. The van der Waals surface area contributed by atoms with E-state index in [1.54, 1.807) is 47.6 Å².